The van der Waals surface area contributed by atoms with Gasteiger partial charge in [0.1, 0.15) is 29.8 Å². The summed E-state index contributed by atoms with van der Waals surface area (Å²) in [5, 5.41) is 49.6. The van der Waals surface area contributed by atoms with E-state index in [4.69, 9.17) is 4.74 Å². The highest BCUT2D eigenvalue weighted by Gasteiger charge is 2.50. The van der Waals surface area contributed by atoms with Gasteiger partial charge in [-0.05, 0) is 28.8 Å². The van der Waals surface area contributed by atoms with Gasteiger partial charge < -0.3 is 30.3 Å². The first-order chi connectivity index (χ1) is 14.3. The van der Waals surface area contributed by atoms with Crippen LogP contribution in [-0.2, 0) is 20.9 Å². The summed E-state index contributed by atoms with van der Waals surface area (Å²) >= 11 is 0. The van der Waals surface area contributed by atoms with Crippen molar-refractivity contribution < 1.29 is 44.7 Å². The number of hydrogen-bond donors (Lipinski definition) is 5. The summed E-state index contributed by atoms with van der Waals surface area (Å²) in [7, 11) is 0. The number of hydrogen-bond acceptors (Lipinski definition) is 9. The molecule has 4 rings (SSSR count). The van der Waals surface area contributed by atoms with Crippen LogP contribution in [0.3, 0.4) is 0 Å². The predicted octanol–water partition coefficient (Wildman–Crippen LogP) is -0.475. The molecule has 0 amide bonds. The van der Waals surface area contributed by atoms with Crippen LogP contribution in [0.15, 0.2) is 30.3 Å². The fourth-order valence-corrected chi connectivity index (χ4v) is 4.13. The molecule has 4 unspecified atom stereocenters. The highest BCUT2D eigenvalue weighted by atomic mass is 16.5. The van der Waals surface area contributed by atoms with Gasteiger partial charge in [0, 0.05) is 5.92 Å². The van der Waals surface area contributed by atoms with E-state index >= 15 is 0 Å². The quantitative estimate of drug-likeness (QED) is 0.418. The summed E-state index contributed by atoms with van der Waals surface area (Å²) in [6, 6.07) is 6.79. The van der Waals surface area contributed by atoms with Gasteiger partial charge in [-0.25, -0.2) is 0 Å². The number of ether oxygens (including phenoxy) is 1. The normalized spacial score (nSPS) is 25.8. The van der Waals surface area contributed by atoms with Crippen molar-refractivity contribution >= 4 is 17.3 Å². The first-order valence-corrected chi connectivity index (χ1v) is 9.15. The third kappa shape index (κ3) is 2.83. The van der Waals surface area contributed by atoms with Gasteiger partial charge in [-0.2, -0.15) is 0 Å². The number of ketones is 3. The topological polar surface area (TPSA) is 162 Å². The van der Waals surface area contributed by atoms with E-state index in [9.17, 15) is 39.9 Å². The van der Waals surface area contributed by atoms with Crippen LogP contribution >= 0.6 is 0 Å². The Labute approximate surface area is 169 Å². The van der Waals surface area contributed by atoms with Crippen LogP contribution in [0.25, 0.3) is 0 Å². The van der Waals surface area contributed by atoms with E-state index in [0.717, 1.165) is 0 Å². The molecule has 5 N–H and O–H groups in total. The smallest absolute Gasteiger partial charge is 0.232 e. The zero-order valence-corrected chi connectivity index (χ0v) is 15.5. The van der Waals surface area contributed by atoms with Gasteiger partial charge in [0.05, 0.1) is 24.3 Å². The van der Waals surface area contributed by atoms with Gasteiger partial charge in [0.25, 0.3) is 0 Å². The van der Waals surface area contributed by atoms with Crippen molar-refractivity contribution in [3.8, 4) is 11.5 Å². The van der Waals surface area contributed by atoms with Gasteiger partial charge in [0.2, 0.25) is 17.3 Å². The molecular formula is C21H18O9. The van der Waals surface area contributed by atoms with Crippen molar-refractivity contribution in [3.05, 3.63) is 58.1 Å². The number of aromatic hydroxyl groups is 2. The Hall–Kier alpha value is -3.11. The average molecular weight is 414 g/mol. The Kier molecular flexibility index (Phi) is 4.91. The second kappa shape index (κ2) is 7.29. The lowest BCUT2D eigenvalue weighted by atomic mass is 9.72. The average Bonchev–Trinajstić information content (AvgIpc) is 2.73. The lowest BCUT2D eigenvalue weighted by Crippen LogP contribution is -2.55. The molecule has 2 aromatic rings. The summed E-state index contributed by atoms with van der Waals surface area (Å²) in [5.41, 5.74) is 0.211. The summed E-state index contributed by atoms with van der Waals surface area (Å²) in [6.07, 6.45) is -4.72. The van der Waals surface area contributed by atoms with E-state index in [2.05, 4.69) is 0 Å². The number of carbonyl (C=O) groups excluding carboxylic acids is 3. The molecule has 30 heavy (non-hydrogen) atoms. The van der Waals surface area contributed by atoms with Crippen LogP contribution in [0.5, 0.6) is 11.5 Å². The molecule has 0 saturated carbocycles. The Bertz CT molecular complexity index is 1070. The van der Waals surface area contributed by atoms with Crippen molar-refractivity contribution in [1.82, 2.24) is 0 Å². The summed E-state index contributed by atoms with van der Waals surface area (Å²) in [4.78, 5) is 38.1. The molecule has 1 saturated heterocycles. The Balaban J connectivity index is 1.98. The summed E-state index contributed by atoms with van der Waals surface area (Å²) in [5.74, 6) is -4.87. The molecule has 1 heterocycles. The standard InChI is InChI=1S/C21H18O9/c22-6-8-4-10-14(21-20(29)19(28)17(26)13(7-23)30-21)9-2-1-3-11(24)15(9)18(27)16(10)12(25)5-8/h1-5,13-14,17,21-26H,6-7H2. The van der Waals surface area contributed by atoms with Gasteiger partial charge in [-0.15, -0.1) is 0 Å². The van der Waals surface area contributed by atoms with Gasteiger partial charge in [0.15, 0.2) is 0 Å². The minimum Gasteiger partial charge on any atom is -0.507 e. The molecule has 9 heteroatoms. The van der Waals surface area contributed by atoms with Crippen molar-refractivity contribution in [2.45, 2.75) is 30.8 Å². The number of carbonyl (C=O) groups is 3. The molecule has 0 radical (unpaired) electrons. The predicted molar refractivity (Wildman–Crippen MR) is 99.2 cm³/mol. The largest absolute Gasteiger partial charge is 0.507 e. The number of rotatable bonds is 3. The lowest BCUT2D eigenvalue weighted by Gasteiger charge is -2.38. The molecule has 9 nitrogen and oxygen atoms in total. The molecule has 156 valence electrons. The van der Waals surface area contributed by atoms with Crippen LogP contribution in [0.2, 0.25) is 0 Å². The molecule has 2 aliphatic rings. The zero-order valence-electron chi connectivity index (χ0n) is 15.5. The fourth-order valence-electron chi connectivity index (χ4n) is 4.13. The van der Waals surface area contributed by atoms with Gasteiger partial charge in [-0.3, -0.25) is 14.4 Å². The summed E-state index contributed by atoms with van der Waals surface area (Å²) in [6.45, 7) is -1.20. The highest BCUT2D eigenvalue weighted by Crippen LogP contribution is 2.46. The first kappa shape index (κ1) is 20.2. The maximum atomic E-state index is 13.0. The Morgan fingerprint density at radius 2 is 1.60 bits per heavy atom. The van der Waals surface area contributed by atoms with E-state index in [1.165, 1.54) is 30.3 Å². The number of aliphatic hydroxyl groups excluding tert-OH is 3. The molecule has 1 aliphatic heterocycles. The second-order valence-electron chi connectivity index (χ2n) is 7.24. The maximum Gasteiger partial charge on any atom is 0.232 e. The number of phenols is 2. The fraction of sp³-hybridized carbons (Fsp3) is 0.286. The third-order valence-corrected chi connectivity index (χ3v) is 5.52. The SMILES string of the molecule is O=C1c2c(O)cccc2C(C2OC(CO)C(O)C(=O)C2=O)c2cc(CO)cc(O)c21. The van der Waals surface area contributed by atoms with E-state index in [1.807, 2.05) is 0 Å². The number of benzene rings is 2. The van der Waals surface area contributed by atoms with Crippen molar-refractivity contribution in [2.24, 2.45) is 0 Å². The van der Waals surface area contributed by atoms with Crippen LogP contribution in [0, 0.1) is 0 Å². The van der Waals surface area contributed by atoms with Crippen LogP contribution in [-0.4, -0.2) is 67.8 Å². The minimum absolute atomic E-state index is 0.126. The van der Waals surface area contributed by atoms with Crippen LogP contribution in [0.4, 0.5) is 0 Å². The first-order valence-electron chi connectivity index (χ1n) is 9.15. The second-order valence-corrected chi connectivity index (χ2v) is 7.24. The molecule has 0 spiro atoms. The van der Waals surface area contributed by atoms with Crippen LogP contribution < -0.4 is 0 Å². The van der Waals surface area contributed by atoms with Gasteiger partial charge >= 0.3 is 0 Å². The molecule has 0 aromatic heterocycles. The third-order valence-electron chi connectivity index (χ3n) is 5.52. The number of aliphatic hydroxyl groups is 3. The molecule has 0 bridgehead atoms. The van der Waals surface area contributed by atoms with E-state index in [0.29, 0.717) is 0 Å². The van der Waals surface area contributed by atoms with E-state index < -0.39 is 60.5 Å². The van der Waals surface area contributed by atoms with Crippen molar-refractivity contribution in [1.29, 1.82) is 0 Å². The summed E-state index contributed by atoms with van der Waals surface area (Å²) < 4.78 is 5.56. The molecule has 1 aliphatic carbocycles. The zero-order chi connectivity index (χ0) is 21.7. The van der Waals surface area contributed by atoms with Crippen molar-refractivity contribution in [3.63, 3.8) is 0 Å². The number of phenolic OH excluding ortho intramolecular Hbond substituents is 2. The molecular weight excluding hydrogens is 396 g/mol. The lowest BCUT2D eigenvalue weighted by molar-refractivity contribution is -0.174. The molecule has 1 fully saturated rings. The van der Waals surface area contributed by atoms with E-state index in [-0.39, 0.29) is 33.6 Å². The monoisotopic (exact) mass is 414 g/mol. The Morgan fingerprint density at radius 3 is 2.27 bits per heavy atom. The van der Waals surface area contributed by atoms with Gasteiger partial charge in [-0.1, -0.05) is 18.2 Å². The van der Waals surface area contributed by atoms with Crippen molar-refractivity contribution in [2.75, 3.05) is 6.61 Å². The number of fused-ring (bicyclic) bond motifs is 2. The molecule has 2 aromatic carbocycles. The minimum atomic E-state index is -1.83. The Morgan fingerprint density at radius 1 is 0.900 bits per heavy atom. The maximum absolute atomic E-state index is 13.0. The highest BCUT2D eigenvalue weighted by molar-refractivity contribution is 6.41. The molecule has 4 atom stereocenters. The number of Topliss-reactive ketones (excluding diaryl/α,β-unsaturated/α-hetero) is 2. The van der Waals surface area contributed by atoms with Crippen LogP contribution in [0.1, 0.15) is 38.5 Å². The van der Waals surface area contributed by atoms with E-state index in [1.54, 1.807) is 0 Å².